The minimum Gasteiger partial charge on any atom is -0.492 e. The SMILES string of the molecule is Cn1c(=O)n(CCOc2ccc(F)cc2)c(=O)c2cc(C(=O)c3nc(-c4cccc(C(=O)O)c4)c4ccccn34)ccc21. The molecular weight excluding hydrogens is 555 g/mol. The summed E-state index contributed by atoms with van der Waals surface area (Å²) < 4.78 is 22.7. The monoisotopic (exact) mass is 578 g/mol. The largest absolute Gasteiger partial charge is 0.492 e. The molecule has 3 heterocycles. The molecule has 0 saturated heterocycles. The van der Waals surface area contributed by atoms with Crippen LogP contribution in [0.5, 0.6) is 5.75 Å². The van der Waals surface area contributed by atoms with Gasteiger partial charge in [-0.15, -0.1) is 0 Å². The Morgan fingerprint density at radius 3 is 2.47 bits per heavy atom. The fraction of sp³-hybridized carbons (Fsp3) is 0.0938. The van der Waals surface area contributed by atoms with Crippen LogP contribution in [0.25, 0.3) is 27.7 Å². The van der Waals surface area contributed by atoms with Crippen molar-refractivity contribution < 1.29 is 23.8 Å². The van der Waals surface area contributed by atoms with Crippen molar-refractivity contribution in [3.63, 3.8) is 0 Å². The number of hydrogen-bond acceptors (Lipinski definition) is 6. The van der Waals surface area contributed by atoms with Gasteiger partial charge in [0.2, 0.25) is 5.78 Å². The van der Waals surface area contributed by atoms with Crippen LogP contribution in [0.4, 0.5) is 4.39 Å². The summed E-state index contributed by atoms with van der Waals surface area (Å²) in [4.78, 5) is 56.4. The second-order valence-corrected chi connectivity index (χ2v) is 9.79. The van der Waals surface area contributed by atoms with E-state index in [4.69, 9.17) is 4.74 Å². The number of halogens is 1. The van der Waals surface area contributed by atoms with Gasteiger partial charge in [0.05, 0.1) is 34.2 Å². The highest BCUT2D eigenvalue weighted by molar-refractivity contribution is 6.09. The summed E-state index contributed by atoms with van der Waals surface area (Å²) in [5, 5.41) is 9.60. The molecule has 0 aliphatic heterocycles. The van der Waals surface area contributed by atoms with E-state index in [0.717, 1.165) is 4.57 Å². The number of benzene rings is 3. The number of hydrogen-bond donors (Lipinski definition) is 1. The Balaban J connectivity index is 1.38. The van der Waals surface area contributed by atoms with Gasteiger partial charge in [-0.25, -0.2) is 19.0 Å². The molecule has 10 nitrogen and oxygen atoms in total. The van der Waals surface area contributed by atoms with Gasteiger partial charge in [-0.2, -0.15) is 0 Å². The summed E-state index contributed by atoms with van der Waals surface area (Å²) in [7, 11) is 1.53. The number of carboxylic acids is 1. The van der Waals surface area contributed by atoms with E-state index in [1.54, 1.807) is 40.9 Å². The predicted molar refractivity (Wildman–Crippen MR) is 156 cm³/mol. The number of imidazole rings is 1. The number of aromatic nitrogens is 4. The van der Waals surface area contributed by atoms with Crippen molar-refractivity contribution in [1.29, 1.82) is 0 Å². The fourth-order valence-corrected chi connectivity index (χ4v) is 4.98. The van der Waals surface area contributed by atoms with Gasteiger partial charge in [0.15, 0.2) is 5.82 Å². The van der Waals surface area contributed by atoms with Crippen molar-refractivity contribution in [2.24, 2.45) is 7.05 Å². The van der Waals surface area contributed by atoms with E-state index in [1.807, 2.05) is 0 Å². The number of pyridine rings is 1. The Bertz CT molecular complexity index is 2180. The van der Waals surface area contributed by atoms with Crippen LogP contribution < -0.4 is 16.0 Å². The lowest BCUT2D eigenvalue weighted by Gasteiger charge is -2.12. The van der Waals surface area contributed by atoms with Gasteiger partial charge < -0.3 is 9.84 Å². The molecule has 6 rings (SSSR count). The zero-order valence-corrected chi connectivity index (χ0v) is 22.7. The molecule has 0 aliphatic rings. The molecule has 0 bridgehead atoms. The summed E-state index contributed by atoms with van der Waals surface area (Å²) >= 11 is 0. The first-order valence-electron chi connectivity index (χ1n) is 13.2. The molecule has 0 spiro atoms. The number of fused-ring (bicyclic) bond motifs is 2. The molecule has 6 aromatic rings. The number of carbonyl (C=O) groups excluding carboxylic acids is 1. The zero-order chi connectivity index (χ0) is 30.2. The Morgan fingerprint density at radius 2 is 1.70 bits per heavy atom. The van der Waals surface area contributed by atoms with Gasteiger partial charge in [0, 0.05) is 24.4 Å². The van der Waals surface area contributed by atoms with E-state index in [1.165, 1.54) is 66.2 Å². The maximum atomic E-state index is 13.8. The minimum absolute atomic E-state index is 0.0170. The number of ketones is 1. The van der Waals surface area contributed by atoms with Crippen LogP contribution in [0.2, 0.25) is 0 Å². The molecule has 0 fully saturated rings. The van der Waals surface area contributed by atoms with E-state index in [0.29, 0.717) is 28.0 Å². The molecule has 3 aromatic carbocycles. The third kappa shape index (κ3) is 4.97. The Labute approximate surface area is 242 Å². The van der Waals surface area contributed by atoms with Crippen molar-refractivity contribution >= 4 is 28.2 Å². The average molecular weight is 579 g/mol. The van der Waals surface area contributed by atoms with Crippen molar-refractivity contribution in [3.05, 3.63) is 135 Å². The van der Waals surface area contributed by atoms with Crippen LogP contribution in [-0.2, 0) is 13.6 Å². The third-order valence-electron chi connectivity index (χ3n) is 7.15. The van der Waals surface area contributed by atoms with E-state index in [-0.39, 0.29) is 35.5 Å². The standard InChI is InChI=1S/C32H23FN4O6/c1-35-25-13-8-20(18-24(25)30(39)37(32(35)42)15-16-43-23-11-9-22(33)10-12-23)28(38)29-34-27(26-7-2-3-14-36(26)29)19-5-4-6-21(17-19)31(40)41/h2-14,17-18H,15-16H2,1H3,(H,40,41). The summed E-state index contributed by atoms with van der Waals surface area (Å²) in [6.07, 6.45) is 1.68. The van der Waals surface area contributed by atoms with Gasteiger partial charge in [-0.05, 0) is 66.7 Å². The average Bonchev–Trinajstić information content (AvgIpc) is 3.42. The van der Waals surface area contributed by atoms with Crippen LogP contribution >= 0.6 is 0 Å². The highest BCUT2D eigenvalue weighted by atomic mass is 19.1. The third-order valence-corrected chi connectivity index (χ3v) is 7.15. The summed E-state index contributed by atoms with van der Waals surface area (Å²) in [6.45, 7) is -0.0858. The summed E-state index contributed by atoms with van der Waals surface area (Å²) in [6, 6.07) is 21.5. The van der Waals surface area contributed by atoms with Crippen LogP contribution in [0.15, 0.2) is 101 Å². The Hall–Kier alpha value is -5.84. The van der Waals surface area contributed by atoms with Crippen molar-refractivity contribution in [2.45, 2.75) is 6.54 Å². The first-order chi connectivity index (χ1) is 20.7. The molecular formula is C32H23FN4O6. The molecule has 3 aromatic heterocycles. The van der Waals surface area contributed by atoms with Gasteiger partial charge in [0.25, 0.3) is 5.56 Å². The van der Waals surface area contributed by atoms with E-state index in [9.17, 15) is 28.7 Å². The molecule has 0 amide bonds. The van der Waals surface area contributed by atoms with Gasteiger partial charge in [-0.3, -0.25) is 23.1 Å². The molecule has 0 unspecified atom stereocenters. The van der Waals surface area contributed by atoms with E-state index in [2.05, 4.69) is 4.98 Å². The van der Waals surface area contributed by atoms with E-state index < -0.39 is 28.8 Å². The van der Waals surface area contributed by atoms with Gasteiger partial charge in [0.1, 0.15) is 18.2 Å². The lowest BCUT2D eigenvalue weighted by atomic mass is 10.1. The molecule has 214 valence electrons. The highest BCUT2D eigenvalue weighted by Crippen LogP contribution is 2.27. The summed E-state index contributed by atoms with van der Waals surface area (Å²) in [5.74, 6) is -1.50. The quantitative estimate of drug-likeness (QED) is 0.269. The molecule has 0 aliphatic carbocycles. The normalized spacial score (nSPS) is 11.2. The highest BCUT2D eigenvalue weighted by Gasteiger charge is 2.22. The van der Waals surface area contributed by atoms with Crippen LogP contribution in [-0.4, -0.2) is 42.0 Å². The van der Waals surface area contributed by atoms with Crippen LogP contribution in [0.3, 0.4) is 0 Å². The number of aromatic carboxylic acids is 1. The number of ether oxygens (including phenoxy) is 1. The summed E-state index contributed by atoms with van der Waals surface area (Å²) in [5.41, 5.74) is 1.03. The lowest BCUT2D eigenvalue weighted by molar-refractivity contribution is 0.0696. The lowest BCUT2D eigenvalue weighted by Crippen LogP contribution is -2.40. The Morgan fingerprint density at radius 1 is 0.907 bits per heavy atom. The van der Waals surface area contributed by atoms with Crippen molar-refractivity contribution in [3.8, 4) is 17.0 Å². The molecule has 1 N–H and O–H groups in total. The van der Waals surface area contributed by atoms with Crippen molar-refractivity contribution in [2.75, 3.05) is 6.61 Å². The zero-order valence-electron chi connectivity index (χ0n) is 22.7. The molecule has 0 atom stereocenters. The maximum absolute atomic E-state index is 13.8. The number of rotatable bonds is 8. The predicted octanol–water partition coefficient (Wildman–Crippen LogP) is 4.16. The molecule has 11 heteroatoms. The first-order valence-corrected chi connectivity index (χ1v) is 13.2. The molecule has 0 radical (unpaired) electrons. The smallest absolute Gasteiger partial charge is 0.335 e. The van der Waals surface area contributed by atoms with Crippen LogP contribution in [0, 0.1) is 5.82 Å². The van der Waals surface area contributed by atoms with Crippen LogP contribution in [0.1, 0.15) is 26.5 Å². The van der Waals surface area contributed by atoms with Gasteiger partial charge in [-0.1, -0.05) is 18.2 Å². The Kier molecular flexibility index (Phi) is 6.90. The second-order valence-electron chi connectivity index (χ2n) is 9.79. The van der Waals surface area contributed by atoms with Gasteiger partial charge >= 0.3 is 11.7 Å². The minimum atomic E-state index is -1.08. The number of nitrogens with zero attached hydrogens (tertiary/aromatic N) is 4. The molecule has 43 heavy (non-hydrogen) atoms. The number of carboxylic acid groups (broad SMARTS) is 1. The first kappa shape index (κ1) is 27.3. The molecule has 0 saturated carbocycles. The topological polar surface area (TPSA) is 125 Å². The fourth-order valence-electron chi connectivity index (χ4n) is 4.98. The number of aryl methyl sites for hydroxylation is 1. The second kappa shape index (κ2) is 10.9. The number of carbonyl (C=O) groups is 2. The maximum Gasteiger partial charge on any atom is 0.335 e. The van der Waals surface area contributed by atoms with E-state index >= 15 is 0 Å². The van der Waals surface area contributed by atoms with Crippen molar-refractivity contribution in [1.82, 2.24) is 18.5 Å².